The van der Waals surface area contributed by atoms with Gasteiger partial charge in [0.15, 0.2) is 0 Å². The Kier molecular flexibility index (Phi) is 13.6. The van der Waals surface area contributed by atoms with E-state index in [0.29, 0.717) is 25.3 Å². The molecule has 0 aliphatic heterocycles. The van der Waals surface area contributed by atoms with Crippen LogP contribution in [0.25, 0.3) is 0 Å². The molecule has 0 rings (SSSR count). The van der Waals surface area contributed by atoms with E-state index >= 15 is 0 Å². The Morgan fingerprint density at radius 2 is 1.76 bits per heavy atom. The van der Waals surface area contributed by atoms with Gasteiger partial charge in [0.2, 0.25) is 0 Å². The minimum Gasteiger partial charge on any atom is -0.481 e. The highest BCUT2D eigenvalue weighted by atomic mass is 16.9. The van der Waals surface area contributed by atoms with Crippen LogP contribution in [0.1, 0.15) is 25.7 Å². The number of rotatable bonds is 9. The molecule has 2 N–H and O–H groups in total. The fraction of sp³-hybridized carbons (Fsp3) is 0.545. The van der Waals surface area contributed by atoms with E-state index in [4.69, 9.17) is 10.2 Å². The van der Waals surface area contributed by atoms with Crippen LogP contribution in [-0.2, 0) is 24.0 Å². The quantitative estimate of drug-likeness (QED) is 0.205. The number of hydrogen-bond donors (Lipinski definition) is 2. The lowest BCUT2D eigenvalue weighted by molar-refractivity contribution is -0.757. The maximum atomic E-state index is 10.1. The van der Waals surface area contributed by atoms with Crippen molar-refractivity contribution >= 4 is 17.9 Å². The summed E-state index contributed by atoms with van der Waals surface area (Å²) >= 11 is 0. The standard InChI is InChI=1S/C6H11NO5.C5H6O4/c8-6(9)4-2-1-3-5-12-7(10)11;1-9-5(8)3-2-4(6)7/h1-5H2,(H,8,9);2-3H,1H3,(H,6,7)/b;3-2+. The van der Waals surface area contributed by atoms with Gasteiger partial charge in [0, 0.05) is 18.6 Å². The van der Waals surface area contributed by atoms with E-state index in [2.05, 4.69) is 9.57 Å². The Balaban J connectivity index is 0. The van der Waals surface area contributed by atoms with Gasteiger partial charge in [0.05, 0.1) is 13.7 Å². The lowest BCUT2D eigenvalue weighted by Crippen LogP contribution is -2.02. The number of carbonyl (C=O) groups excluding carboxylic acids is 1. The van der Waals surface area contributed by atoms with Crippen molar-refractivity contribution in [3.05, 3.63) is 22.3 Å². The molecule has 0 amide bonds. The average molecular weight is 307 g/mol. The molecule has 0 aromatic heterocycles. The average Bonchev–Trinajstić information content (AvgIpc) is 2.40. The van der Waals surface area contributed by atoms with Crippen LogP contribution in [0.15, 0.2) is 12.2 Å². The Labute approximate surface area is 120 Å². The van der Waals surface area contributed by atoms with Gasteiger partial charge in [-0.2, -0.15) is 0 Å². The minimum absolute atomic E-state index is 0.0482. The Morgan fingerprint density at radius 3 is 2.19 bits per heavy atom. The maximum absolute atomic E-state index is 10.1. The van der Waals surface area contributed by atoms with Gasteiger partial charge in [-0.3, -0.25) is 4.79 Å². The van der Waals surface area contributed by atoms with Crippen LogP contribution in [0, 0.1) is 10.1 Å². The molecule has 0 unspecified atom stereocenters. The molecular weight excluding hydrogens is 290 g/mol. The SMILES string of the molecule is COC(=O)/C=C/C(=O)O.O=C(O)CCCCCO[N+](=O)[O-]. The molecule has 0 saturated carbocycles. The Morgan fingerprint density at radius 1 is 1.14 bits per heavy atom. The first-order chi connectivity index (χ1) is 9.79. The van der Waals surface area contributed by atoms with Gasteiger partial charge in [0.25, 0.3) is 5.09 Å². The Hall–Kier alpha value is -2.65. The Bertz CT molecular complexity index is 360. The molecule has 0 spiro atoms. The van der Waals surface area contributed by atoms with Crippen LogP contribution in [0.2, 0.25) is 0 Å². The van der Waals surface area contributed by atoms with Crippen molar-refractivity contribution in [2.45, 2.75) is 25.7 Å². The van der Waals surface area contributed by atoms with Gasteiger partial charge in [0.1, 0.15) is 0 Å². The van der Waals surface area contributed by atoms with Crippen LogP contribution < -0.4 is 0 Å². The lowest BCUT2D eigenvalue weighted by atomic mass is 10.2. The predicted molar refractivity (Wildman–Crippen MR) is 67.8 cm³/mol. The zero-order chi connectivity index (χ0) is 16.7. The first-order valence-electron chi connectivity index (χ1n) is 5.77. The number of carboxylic acid groups (broad SMARTS) is 2. The molecule has 0 fully saturated rings. The molecule has 0 atom stereocenters. The van der Waals surface area contributed by atoms with E-state index in [9.17, 15) is 24.5 Å². The molecular formula is C11H17NO9. The number of esters is 1. The highest BCUT2D eigenvalue weighted by Gasteiger charge is 1.97. The van der Waals surface area contributed by atoms with Gasteiger partial charge < -0.3 is 19.8 Å². The summed E-state index contributed by atoms with van der Waals surface area (Å²) in [4.78, 5) is 43.5. The minimum atomic E-state index is -1.17. The fourth-order valence-corrected chi connectivity index (χ4v) is 0.902. The molecule has 0 heterocycles. The van der Waals surface area contributed by atoms with Crippen molar-refractivity contribution in [1.29, 1.82) is 0 Å². The van der Waals surface area contributed by atoms with Gasteiger partial charge in [-0.15, -0.1) is 10.1 Å². The summed E-state index contributed by atoms with van der Waals surface area (Å²) in [5.41, 5.74) is 0. The summed E-state index contributed by atoms with van der Waals surface area (Å²) in [6.45, 7) is 0.0482. The third kappa shape index (κ3) is 22.9. The summed E-state index contributed by atoms with van der Waals surface area (Å²) in [6.07, 6.45) is 3.36. The van der Waals surface area contributed by atoms with Crippen LogP contribution in [0.4, 0.5) is 0 Å². The third-order valence-corrected chi connectivity index (χ3v) is 1.79. The maximum Gasteiger partial charge on any atom is 0.330 e. The second-order valence-corrected chi connectivity index (χ2v) is 3.46. The van der Waals surface area contributed by atoms with Gasteiger partial charge in [-0.25, -0.2) is 9.59 Å². The van der Waals surface area contributed by atoms with E-state index in [-0.39, 0.29) is 13.0 Å². The lowest BCUT2D eigenvalue weighted by Gasteiger charge is -1.97. The van der Waals surface area contributed by atoms with Crippen LogP contribution in [-0.4, -0.2) is 46.9 Å². The van der Waals surface area contributed by atoms with Crippen LogP contribution in [0.3, 0.4) is 0 Å². The van der Waals surface area contributed by atoms with E-state index in [1.165, 1.54) is 7.11 Å². The van der Waals surface area contributed by atoms with Gasteiger partial charge in [-0.1, -0.05) is 6.42 Å². The van der Waals surface area contributed by atoms with Crippen molar-refractivity contribution in [2.24, 2.45) is 0 Å². The zero-order valence-electron chi connectivity index (χ0n) is 11.4. The normalized spacial score (nSPS) is 9.38. The number of aliphatic carboxylic acids is 2. The third-order valence-electron chi connectivity index (χ3n) is 1.79. The molecule has 0 aromatic rings. The van der Waals surface area contributed by atoms with E-state index in [1.54, 1.807) is 0 Å². The van der Waals surface area contributed by atoms with E-state index < -0.39 is 23.0 Å². The molecule has 0 bridgehead atoms. The molecule has 10 heteroatoms. The molecule has 120 valence electrons. The number of carboxylic acids is 2. The predicted octanol–water partition coefficient (Wildman–Crippen LogP) is 0.640. The summed E-state index contributed by atoms with van der Waals surface area (Å²) in [6, 6.07) is 0. The largest absolute Gasteiger partial charge is 0.481 e. The number of carbonyl (C=O) groups is 3. The van der Waals surface area contributed by atoms with E-state index in [0.717, 1.165) is 6.08 Å². The van der Waals surface area contributed by atoms with Crippen LogP contribution in [0.5, 0.6) is 0 Å². The highest BCUT2D eigenvalue weighted by molar-refractivity contribution is 5.90. The zero-order valence-corrected chi connectivity index (χ0v) is 11.4. The molecule has 0 saturated heterocycles. The van der Waals surface area contributed by atoms with Crippen molar-refractivity contribution in [3.63, 3.8) is 0 Å². The summed E-state index contributed by atoms with van der Waals surface area (Å²) in [5.74, 6) is -2.68. The molecule has 0 aliphatic rings. The summed E-state index contributed by atoms with van der Waals surface area (Å²) in [7, 11) is 1.18. The van der Waals surface area contributed by atoms with Crippen molar-refractivity contribution in [2.75, 3.05) is 13.7 Å². The summed E-state index contributed by atoms with van der Waals surface area (Å²) in [5, 5.41) is 25.0. The van der Waals surface area contributed by atoms with Gasteiger partial charge >= 0.3 is 17.9 Å². The molecule has 10 nitrogen and oxygen atoms in total. The monoisotopic (exact) mass is 307 g/mol. The number of methoxy groups -OCH3 is 1. The number of hydrogen-bond acceptors (Lipinski definition) is 7. The number of unbranched alkanes of at least 4 members (excludes halogenated alkanes) is 2. The van der Waals surface area contributed by atoms with Crippen molar-refractivity contribution in [1.82, 2.24) is 0 Å². The summed E-state index contributed by atoms with van der Waals surface area (Å²) < 4.78 is 4.11. The second-order valence-electron chi connectivity index (χ2n) is 3.46. The number of nitrogens with zero attached hydrogens (tertiary/aromatic N) is 1. The molecule has 0 aromatic carbocycles. The van der Waals surface area contributed by atoms with E-state index in [1.807, 2.05) is 0 Å². The molecule has 0 radical (unpaired) electrons. The van der Waals surface area contributed by atoms with Crippen molar-refractivity contribution in [3.8, 4) is 0 Å². The van der Waals surface area contributed by atoms with Gasteiger partial charge in [-0.05, 0) is 12.8 Å². The molecule has 0 aliphatic carbocycles. The first-order valence-corrected chi connectivity index (χ1v) is 5.77. The highest BCUT2D eigenvalue weighted by Crippen LogP contribution is 1.99. The first kappa shape index (κ1) is 20.7. The van der Waals surface area contributed by atoms with Crippen LogP contribution >= 0.6 is 0 Å². The molecule has 21 heavy (non-hydrogen) atoms. The second kappa shape index (κ2) is 13.8. The van der Waals surface area contributed by atoms with Crippen molar-refractivity contribution < 1.29 is 39.3 Å². The topological polar surface area (TPSA) is 153 Å². The number of ether oxygens (including phenoxy) is 1. The fourth-order valence-electron chi connectivity index (χ4n) is 0.902. The smallest absolute Gasteiger partial charge is 0.330 e.